The fraction of sp³-hybridized carbons (Fsp3) is 0.267. The van der Waals surface area contributed by atoms with Crippen LogP contribution in [0, 0.1) is 0 Å². The Labute approximate surface area is 122 Å². The highest BCUT2D eigenvalue weighted by Gasteiger charge is 2.13. The third-order valence-corrected chi connectivity index (χ3v) is 2.95. The number of carbonyl (C=O) groups is 2. The minimum Gasteiger partial charge on any atom is -0.452 e. The van der Waals surface area contributed by atoms with Crippen LogP contribution in [-0.4, -0.2) is 28.3 Å². The van der Waals surface area contributed by atoms with Crippen molar-refractivity contribution in [2.75, 3.05) is 6.61 Å². The molecule has 1 amide bonds. The summed E-state index contributed by atoms with van der Waals surface area (Å²) in [7, 11) is 1.70. The molecule has 0 bridgehead atoms. The van der Waals surface area contributed by atoms with Gasteiger partial charge >= 0.3 is 5.97 Å². The molecule has 2 rings (SSSR count). The summed E-state index contributed by atoms with van der Waals surface area (Å²) in [6.45, 7) is 1.56. The number of hydrogen-bond donors (Lipinski definition) is 1. The van der Waals surface area contributed by atoms with Crippen molar-refractivity contribution in [3.63, 3.8) is 0 Å². The summed E-state index contributed by atoms with van der Waals surface area (Å²) in [5.41, 5.74) is 1.31. The first-order valence-electron chi connectivity index (χ1n) is 6.56. The van der Waals surface area contributed by atoms with Gasteiger partial charge in [0.05, 0.1) is 17.8 Å². The zero-order valence-electron chi connectivity index (χ0n) is 11.9. The number of carbonyl (C=O) groups excluding carboxylic acids is 2. The minimum absolute atomic E-state index is 0.143. The van der Waals surface area contributed by atoms with Crippen LogP contribution in [0.1, 0.15) is 28.9 Å². The molecule has 1 aromatic carbocycles. The second-order valence-electron chi connectivity index (χ2n) is 4.68. The quantitative estimate of drug-likeness (QED) is 0.845. The van der Waals surface area contributed by atoms with Crippen LogP contribution in [0.3, 0.4) is 0 Å². The smallest absolute Gasteiger partial charge is 0.341 e. The number of nitrogens with zero attached hydrogens (tertiary/aromatic N) is 2. The van der Waals surface area contributed by atoms with Crippen LogP contribution in [0.2, 0.25) is 0 Å². The Kier molecular flexibility index (Phi) is 4.71. The van der Waals surface area contributed by atoms with Crippen molar-refractivity contribution in [3.8, 4) is 0 Å². The van der Waals surface area contributed by atoms with Gasteiger partial charge in [0, 0.05) is 13.2 Å². The Morgan fingerprint density at radius 3 is 2.67 bits per heavy atom. The summed E-state index contributed by atoms with van der Waals surface area (Å²) in [5.74, 6) is -0.908. The van der Waals surface area contributed by atoms with Crippen molar-refractivity contribution in [2.24, 2.45) is 7.05 Å². The lowest BCUT2D eigenvalue weighted by atomic mass is 10.1. The summed E-state index contributed by atoms with van der Waals surface area (Å²) in [6, 6.07) is 9.42. The van der Waals surface area contributed by atoms with Crippen molar-refractivity contribution in [1.29, 1.82) is 0 Å². The first-order valence-corrected chi connectivity index (χ1v) is 6.56. The molecule has 1 aromatic heterocycles. The highest BCUT2D eigenvalue weighted by molar-refractivity contribution is 5.90. The van der Waals surface area contributed by atoms with E-state index in [1.54, 1.807) is 7.05 Å². The molecule has 6 heteroatoms. The molecule has 0 spiro atoms. The number of aromatic nitrogens is 2. The molecule has 1 unspecified atom stereocenters. The number of aryl methyl sites for hydroxylation is 1. The van der Waals surface area contributed by atoms with E-state index >= 15 is 0 Å². The molecule has 110 valence electrons. The van der Waals surface area contributed by atoms with Gasteiger partial charge in [-0.1, -0.05) is 30.3 Å². The normalized spacial score (nSPS) is 11.7. The lowest BCUT2D eigenvalue weighted by Crippen LogP contribution is -2.31. The predicted octanol–water partition coefficient (Wildman–Crippen LogP) is 1.45. The summed E-state index contributed by atoms with van der Waals surface area (Å²) in [6.07, 6.45) is 2.93. The van der Waals surface area contributed by atoms with Crippen molar-refractivity contribution < 1.29 is 14.3 Å². The molecule has 6 nitrogen and oxygen atoms in total. The van der Waals surface area contributed by atoms with E-state index < -0.39 is 5.97 Å². The average Bonchev–Trinajstić information content (AvgIpc) is 2.92. The highest BCUT2D eigenvalue weighted by Crippen LogP contribution is 2.10. The van der Waals surface area contributed by atoms with Crippen molar-refractivity contribution >= 4 is 11.9 Å². The van der Waals surface area contributed by atoms with E-state index in [9.17, 15) is 9.59 Å². The number of esters is 1. The van der Waals surface area contributed by atoms with E-state index in [4.69, 9.17) is 4.74 Å². The van der Waals surface area contributed by atoms with Gasteiger partial charge in [0.15, 0.2) is 6.61 Å². The monoisotopic (exact) mass is 287 g/mol. The van der Waals surface area contributed by atoms with Crippen LogP contribution in [0.5, 0.6) is 0 Å². The van der Waals surface area contributed by atoms with Gasteiger partial charge in [0.25, 0.3) is 5.91 Å². The molecule has 1 N–H and O–H groups in total. The van der Waals surface area contributed by atoms with Crippen LogP contribution in [0.25, 0.3) is 0 Å². The maximum atomic E-state index is 11.8. The minimum atomic E-state index is -0.564. The highest BCUT2D eigenvalue weighted by atomic mass is 16.5. The first kappa shape index (κ1) is 14.8. The number of amides is 1. The third kappa shape index (κ3) is 4.17. The Balaban J connectivity index is 1.81. The molecule has 2 aromatic rings. The molecular weight excluding hydrogens is 270 g/mol. The Morgan fingerprint density at radius 2 is 2.05 bits per heavy atom. The van der Waals surface area contributed by atoms with Crippen LogP contribution in [0.15, 0.2) is 42.7 Å². The van der Waals surface area contributed by atoms with Crippen molar-refractivity contribution in [2.45, 2.75) is 13.0 Å². The zero-order valence-corrected chi connectivity index (χ0v) is 11.9. The summed E-state index contributed by atoms with van der Waals surface area (Å²) < 4.78 is 6.43. The number of rotatable bonds is 5. The zero-order chi connectivity index (χ0) is 15.2. The van der Waals surface area contributed by atoms with E-state index in [-0.39, 0.29) is 18.6 Å². The maximum absolute atomic E-state index is 11.8. The molecule has 0 fully saturated rings. The first-order chi connectivity index (χ1) is 10.1. The average molecular weight is 287 g/mol. The van der Waals surface area contributed by atoms with Crippen LogP contribution >= 0.6 is 0 Å². The molecule has 0 saturated carbocycles. The maximum Gasteiger partial charge on any atom is 0.341 e. The van der Waals surface area contributed by atoms with Crippen LogP contribution in [-0.2, 0) is 16.6 Å². The molecule has 0 radical (unpaired) electrons. The van der Waals surface area contributed by atoms with Gasteiger partial charge in [-0.05, 0) is 12.5 Å². The largest absolute Gasteiger partial charge is 0.452 e. The van der Waals surface area contributed by atoms with Crippen molar-refractivity contribution in [1.82, 2.24) is 15.1 Å². The van der Waals surface area contributed by atoms with E-state index in [0.29, 0.717) is 5.56 Å². The lowest BCUT2D eigenvalue weighted by Gasteiger charge is -2.14. The Morgan fingerprint density at radius 1 is 1.33 bits per heavy atom. The third-order valence-electron chi connectivity index (χ3n) is 2.95. The van der Waals surface area contributed by atoms with E-state index in [1.807, 2.05) is 37.3 Å². The van der Waals surface area contributed by atoms with Gasteiger partial charge in [-0.25, -0.2) is 4.79 Å². The van der Waals surface area contributed by atoms with Gasteiger partial charge in [-0.2, -0.15) is 5.10 Å². The predicted molar refractivity (Wildman–Crippen MR) is 76.5 cm³/mol. The van der Waals surface area contributed by atoms with Crippen LogP contribution in [0.4, 0.5) is 0 Å². The second kappa shape index (κ2) is 6.69. The molecule has 0 saturated heterocycles. The van der Waals surface area contributed by atoms with Gasteiger partial charge < -0.3 is 10.1 Å². The molecular formula is C15H17N3O3. The van der Waals surface area contributed by atoms with E-state index in [0.717, 1.165) is 5.56 Å². The van der Waals surface area contributed by atoms with Crippen molar-refractivity contribution in [3.05, 3.63) is 53.9 Å². The lowest BCUT2D eigenvalue weighted by molar-refractivity contribution is -0.124. The summed E-state index contributed by atoms with van der Waals surface area (Å²) in [5, 5.41) is 6.64. The molecule has 1 atom stereocenters. The molecule has 1 heterocycles. The van der Waals surface area contributed by atoms with E-state index in [1.165, 1.54) is 17.1 Å². The fourth-order valence-corrected chi connectivity index (χ4v) is 1.85. The Hall–Kier alpha value is -2.63. The number of nitrogens with one attached hydrogen (secondary N) is 1. The standard InChI is InChI=1S/C15H17N3O3/c1-11(12-6-4-3-5-7-12)17-14(19)10-21-15(20)13-8-16-18(2)9-13/h3-9,11H,10H2,1-2H3,(H,17,19). The molecule has 21 heavy (non-hydrogen) atoms. The Bertz CT molecular complexity index is 622. The molecule has 0 aliphatic rings. The fourth-order valence-electron chi connectivity index (χ4n) is 1.85. The molecule has 0 aliphatic carbocycles. The van der Waals surface area contributed by atoms with Gasteiger partial charge in [0.2, 0.25) is 0 Å². The second-order valence-corrected chi connectivity index (χ2v) is 4.68. The molecule has 0 aliphatic heterocycles. The number of hydrogen-bond acceptors (Lipinski definition) is 4. The van der Waals surface area contributed by atoms with Crippen LogP contribution < -0.4 is 5.32 Å². The number of ether oxygens (including phenoxy) is 1. The van der Waals surface area contributed by atoms with Gasteiger partial charge in [-0.15, -0.1) is 0 Å². The van der Waals surface area contributed by atoms with Gasteiger partial charge in [0.1, 0.15) is 0 Å². The number of benzene rings is 1. The topological polar surface area (TPSA) is 73.2 Å². The van der Waals surface area contributed by atoms with E-state index in [2.05, 4.69) is 10.4 Å². The SMILES string of the molecule is CC(NC(=O)COC(=O)c1cnn(C)c1)c1ccccc1. The van der Waals surface area contributed by atoms with Gasteiger partial charge in [-0.3, -0.25) is 9.48 Å². The summed E-state index contributed by atoms with van der Waals surface area (Å²) >= 11 is 0. The summed E-state index contributed by atoms with van der Waals surface area (Å²) in [4.78, 5) is 23.4.